The molecule has 1 aromatic heterocycles. The molecular formula is C32H27ClN4O. The van der Waals surface area contributed by atoms with E-state index in [2.05, 4.69) is 49.4 Å². The first-order valence-electron chi connectivity index (χ1n) is 12.8. The van der Waals surface area contributed by atoms with E-state index in [4.69, 9.17) is 31.4 Å². The minimum absolute atomic E-state index is 0.123. The Labute approximate surface area is 227 Å². The van der Waals surface area contributed by atoms with Crippen LogP contribution in [-0.4, -0.2) is 22.3 Å². The Balaban J connectivity index is 1.55. The van der Waals surface area contributed by atoms with Crippen molar-refractivity contribution >= 4 is 34.2 Å². The number of hydrogen-bond donors (Lipinski definition) is 0. The van der Waals surface area contributed by atoms with Gasteiger partial charge in [0.2, 0.25) is 5.95 Å². The van der Waals surface area contributed by atoms with E-state index in [-0.39, 0.29) is 6.04 Å². The predicted octanol–water partition coefficient (Wildman–Crippen LogP) is 8.01. The number of benzene rings is 4. The van der Waals surface area contributed by atoms with Crippen LogP contribution in [0.5, 0.6) is 5.75 Å². The van der Waals surface area contributed by atoms with Gasteiger partial charge in [0.25, 0.3) is 0 Å². The summed E-state index contributed by atoms with van der Waals surface area (Å²) in [6.45, 7) is 4.69. The van der Waals surface area contributed by atoms with Crippen LogP contribution in [0, 0.1) is 6.92 Å². The van der Waals surface area contributed by atoms with Crippen LogP contribution in [-0.2, 0) is 0 Å². The molecule has 0 fully saturated rings. The average molecular weight is 519 g/mol. The smallest absolute Gasteiger partial charge is 0.247 e. The maximum absolute atomic E-state index is 6.39. The van der Waals surface area contributed by atoms with Gasteiger partial charge >= 0.3 is 0 Å². The van der Waals surface area contributed by atoms with Crippen molar-refractivity contribution in [2.75, 3.05) is 11.6 Å². The number of rotatable bonds is 6. The summed E-state index contributed by atoms with van der Waals surface area (Å²) in [5.41, 5.74) is 6.98. The van der Waals surface area contributed by atoms with Gasteiger partial charge in [-0.2, -0.15) is 5.10 Å². The van der Waals surface area contributed by atoms with Crippen molar-refractivity contribution < 1.29 is 4.74 Å². The maximum atomic E-state index is 6.39. The first-order chi connectivity index (χ1) is 18.6. The summed E-state index contributed by atoms with van der Waals surface area (Å²) < 4.78 is 6.04. The van der Waals surface area contributed by atoms with E-state index in [1.54, 1.807) is 0 Å². The fourth-order valence-electron chi connectivity index (χ4n) is 4.99. The zero-order chi connectivity index (χ0) is 26.1. The minimum atomic E-state index is -0.123. The van der Waals surface area contributed by atoms with Gasteiger partial charge in [-0.05, 0) is 43.7 Å². The van der Waals surface area contributed by atoms with Crippen molar-refractivity contribution in [2.45, 2.75) is 26.3 Å². The molecular weight excluding hydrogens is 492 g/mol. The highest BCUT2D eigenvalue weighted by atomic mass is 35.5. The van der Waals surface area contributed by atoms with Crippen molar-refractivity contribution in [2.24, 2.45) is 5.10 Å². The summed E-state index contributed by atoms with van der Waals surface area (Å²) in [6.07, 6.45) is 0.705. The lowest BCUT2D eigenvalue weighted by atomic mass is 9.97. The van der Waals surface area contributed by atoms with Crippen molar-refractivity contribution in [3.8, 4) is 17.0 Å². The fraction of sp³-hybridized carbons (Fsp3) is 0.156. The first-order valence-corrected chi connectivity index (χ1v) is 13.2. The molecule has 0 spiro atoms. The van der Waals surface area contributed by atoms with Crippen LogP contribution in [0.1, 0.15) is 36.1 Å². The SMILES string of the molecule is CCOc1ccccc1[C@@H]1CC(c2cccc(C)c2)=NN1c1nc(-c2ccccc2)c2cc(Cl)ccc2n1. The van der Waals surface area contributed by atoms with Crippen LogP contribution in [0.3, 0.4) is 0 Å². The number of hydrogen-bond acceptors (Lipinski definition) is 5. The molecule has 0 unspecified atom stereocenters. The van der Waals surface area contributed by atoms with E-state index in [1.165, 1.54) is 5.56 Å². The van der Waals surface area contributed by atoms with Crippen LogP contribution in [0.2, 0.25) is 5.02 Å². The van der Waals surface area contributed by atoms with Gasteiger partial charge in [0.1, 0.15) is 5.75 Å². The third kappa shape index (κ3) is 4.61. The molecule has 6 rings (SSSR count). The molecule has 0 saturated heterocycles. The lowest BCUT2D eigenvalue weighted by molar-refractivity contribution is 0.334. The van der Waals surface area contributed by atoms with Crippen molar-refractivity contribution in [3.05, 3.63) is 119 Å². The highest BCUT2D eigenvalue weighted by Crippen LogP contribution is 2.41. The second-order valence-electron chi connectivity index (χ2n) is 9.35. The monoisotopic (exact) mass is 518 g/mol. The molecule has 6 heteroatoms. The number of aryl methyl sites for hydroxylation is 1. The van der Waals surface area contributed by atoms with Gasteiger partial charge in [0.15, 0.2) is 0 Å². The van der Waals surface area contributed by atoms with Crippen molar-refractivity contribution in [1.82, 2.24) is 9.97 Å². The summed E-state index contributed by atoms with van der Waals surface area (Å²) in [4.78, 5) is 10.1. The number of aromatic nitrogens is 2. The Morgan fingerprint density at radius 3 is 2.47 bits per heavy atom. The summed E-state index contributed by atoms with van der Waals surface area (Å²) in [5, 5.41) is 8.64. The molecule has 0 radical (unpaired) electrons. The average Bonchev–Trinajstić information content (AvgIpc) is 3.39. The Morgan fingerprint density at radius 1 is 0.868 bits per heavy atom. The number of ether oxygens (including phenoxy) is 1. The summed E-state index contributed by atoms with van der Waals surface area (Å²) in [6, 6.07) is 32.4. The number of nitrogens with zero attached hydrogens (tertiary/aromatic N) is 4. The van der Waals surface area contributed by atoms with Crippen molar-refractivity contribution in [3.63, 3.8) is 0 Å². The summed E-state index contributed by atoms with van der Waals surface area (Å²) in [7, 11) is 0. The van der Waals surface area contributed by atoms with Gasteiger partial charge in [0.05, 0.1) is 29.6 Å². The van der Waals surface area contributed by atoms with Crippen LogP contribution >= 0.6 is 11.6 Å². The van der Waals surface area contributed by atoms with Gasteiger partial charge in [0, 0.05) is 28.0 Å². The maximum Gasteiger partial charge on any atom is 0.247 e. The number of anilines is 1. The Hall–Kier alpha value is -4.22. The molecule has 0 saturated carbocycles. The molecule has 5 nitrogen and oxygen atoms in total. The molecule has 2 heterocycles. The van der Waals surface area contributed by atoms with Gasteiger partial charge < -0.3 is 4.74 Å². The van der Waals surface area contributed by atoms with Gasteiger partial charge in [-0.1, -0.05) is 90.0 Å². The Bertz CT molecular complexity index is 1650. The molecule has 4 aromatic carbocycles. The van der Waals surface area contributed by atoms with E-state index in [0.717, 1.165) is 44.7 Å². The molecule has 188 valence electrons. The second-order valence-corrected chi connectivity index (χ2v) is 9.79. The normalized spacial score (nSPS) is 15.1. The van der Waals surface area contributed by atoms with E-state index in [0.29, 0.717) is 24.0 Å². The van der Waals surface area contributed by atoms with Crippen molar-refractivity contribution in [1.29, 1.82) is 0 Å². The molecule has 0 N–H and O–H groups in total. The highest BCUT2D eigenvalue weighted by molar-refractivity contribution is 6.31. The predicted molar refractivity (Wildman–Crippen MR) is 155 cm³/mol. The molecule has 1 aliphatic heterocycles. The lowest BCUT2D eigenvalue weighted by Crippen LogP contribution is -2.22. The quantitative estimate of drug-likeness (QED) is 0.228. The van der Waals surface area contributed by atoms with Crippen LogP contribution in [0.15, 0.2) is 102 Å². The molecule has 5 aromatic rings. The number of hydrazone groups is 1. The molecule has 38 heavy (non-hydrogen) atoms. The van der Waals surface area contributed by atoms with E-state index < -0.39 is 0 Å². The Morgan fingerprint density at radius 2 is 1.66 bits per heavy atom. The number of halogens is 1. The van der Waals surface area contributed by atoms with Crippen LogP contribution in [0.4, 0.5) is 5.95 Å². The second kappa shape index (κ2) is 10.3. The molecule has 0 aliphatic carbocycles. The third-order valence-corrected chi connectivity index (χ3v) is 6.97. The third-order valence-electron chi connectivity index (χ3n) is 6.74. The number of para-hydroxylation sites is 1. The molecule has 1 aliphatic rings. The summed E-state index contributed by atoms with van der Waals surface area (Å²) >= 11 is 6.39. The lowest BCUT2D eigenvalue weighted by Gasteiger charge is -2.24. The van der Waals surface area contributed by atoms with Crippen LogP contribution in [0.25, 0.3) is 22.2 Å². The minimum Gasteiger partial charge on any atom is -0.494 e. The van der Waals surface area contributed by atoms with E-state index >= 15 is 0 Å². The zero-order valence-corrected chi connectivity index (χ0v) is 22.1. The zero-order valence-electron chi connectivity index (χ0n) is 21.3. The fourth-order valence-corrected chi connectivity index (χ4v) is 5.16. The van der Waals surface area contributed by atoms with Crippen LogP contribution < -0.4 is 9.75 Å². The largest absolute Gasteiger partial charge is 0.494 e. The number of fused-ring (bicyclic) bond motifs is 1. The van der Waals surface area contributed by atoms with E-state index in [1.807, 2.05) is 66.5 Å². The highest BCUT2D eigenvalue weighted by Gasteiger charge is 2.34. The molecule has 0 bridgehead atoms. The molecule has 1 atom stereocenters. The van der Waals surface area contributed by atoms with Gasteiger partial charge in [-0.3, -0.25) is 0 Å². The molecule has 0 amide bonds. The van der Waals surface area contributed by atoms with Gasteiger partial charge in [-0.25, -0.2) is 15.0 Å². The topological polar surface area (TPSA) is 50.6 Å². The van der Waals surface area contributed by atoms with E-state index in [9.17, 15) is 0 Å². The van der Waals surface area contributed by atoms with Gasteiger partial charge in [-0.15, -0.1) is 0 Å². The summed E-state index contributed by atoms with van der Waals surface area (Å²) in [5.74, 6) is 1.39. The standard InChI is InChI=1S/C32H27ClN4O/c1-3-38-30-15-8-7-14-25(30)29-20-28(23-13-9-10-21(2)18-23)36-37(29)32-34-27-17-16-24(33)19-26(27)31(35-32)22-11-5-4-6-12-22/h4-19,29H,3,20H2,1-2H3/t29-/m0/s1. The Kier molecular flexibility index (Phi) is 6.52. The first kappa shape index (κ1) is 24.1.